The fraction of sp³-hybridized carbons (Fsp3) is 0.357. The lowest BCUT2D eigenvalue weighted by molar-refractivity contribution is 0.757. The minimum atomic E-state index is 0. The van der Waals surface area contributed by atoms with Crippen molar-refractivity contribution in [3.05, 3.63) is 33.6 Å². The maximum atomic E-state index is 9.08. The van der Waals surface area contributed by atoms with Crippen molar-refractivity contribution in [3.63, 3.8) is 0 Å². The van der Waals surface area contributed by atoms with Gasteiger partial charge in [0.1, 0.15) is 17.5 Å². The minimum Gasteiger partial charge on any atom is -0.257 e. The maximum Gasteiger partial charge on any atom is 0.141 e. The Morgan fingerprint density at radius 2 is 1.89 bits per heavy atom. The summed E-state index contributed by atoms with van der Waals surface area (Å²) >= 11 is 6.04. The predicted octanol–water partition coefficient (Wildman–Crippen LogP) is 3.57. The lowest BCUT2D eigenvalue weighted by Gasteiger charge is -2.06. The van der Waals surface area contributed by atoms with E-state index < -0.39 is 0 Å². The van der Waals surface area contributed by atoms with Gasteiger partial charge in [0.05, 0.1) is 16.4 Å². The third kappa shape index (κ3) is 2.47. The molecule has 0 amide bonds. The largest absolute Gasteiger partial charge is 0.257 e. The van der Waals surface area contributed by atoms with E-state index >= 15 is 0 Å². The van der Waals surface area contributed by atoms with Crippen molar-refractivity contribution in [2.24, 2.45) is 7.05 Å². The smallest absolute Gasteiger partial charge is 0.141 e. The highest BCUT2D eigenvalue weighted by molar-refractivity contribution is 6.31. The fourth-order valence-electron chi connectivity index (χ4n) is 1.92. The highest BCUT2D eigenvalue weighted by Crippen LogP contribution is 2.28. The Labute approximate surface area is 118 Å². The van der Waals surface area contributed by atoms with E-state index in [1.165, 1.54) is 0 Å². The zero-order valence-corrected chi connectivity index (χ0v) is 11.5. The molecule has 0 saturated heterocycles. The molecule has 5 heteroatoms. The van der Waals surface area contributed by atoms with Crippen LogP contribution in [-0.2, 0) is 7.05 Å². The van der Waals surface area contributed by atoms with Crippen LogP contribution in [0.2, 0.25) is 5.02 Å². The molecular weight excluding hydrogens is 260 g/mol. The molecule has 0 aliphatic heterocycles. The summed E-state index contributed by atoms with van der Waals surface area (Å²) in [5.74, 6) is 0. The first-order valence-corrected chi connectivity index (χ1v) is 5.91. The number of hydrogen-bond acceptors (Lipinski definition) is 3. The van der Waals surface area contributed by atoms with Crippen molar-refractivity contribution >= 4 is 11.6 Å². The molecule has 0 aromatic carbocycles. The van der Waals surface area contributed by atoms with Gasteiger partial charge in [-0.1, -0.05) is 19.0 Å². The Bertz CT molecular complexity index is 665. The van der Waals surface area contributed by atoms with Crippen LogP contribution in [0.15, 0.2) is 6.07 Å². The third-order valence-electron chi connectivity index (χ3n) is 2.96. The first-order valence-electron chi connectivity index (χ1n) is 5.53. The van der Waals surface area contributed by atoms with Crippen molar-refractivity contribution in [1.29, 1.82) is 5.26 Å². The lowest BCUT2D eigenvalue weighted by atomic mass is 10.1. The van der Waals surface area contributed by atoms with Gasteiger partial charge in [-0.2, -0.15) is 10.4 Å². The van der Waals surface area contributed by atoms with Gasteiger partial charge >= 0.3 is 0 Å². The summed E-state index contributed by atoms with van der Waals surface area (Å²) in [6.07, 6.45) is 0. The van der Waals surface area contributed by atoms with E-state index in [1.54, 1.807) is 11.7 Å². The van der Waals surface area contributed by atoms with Crippen LogP contribution in [0.25, 0.3) is 11.4 Å². The molecule has 0 unspecified atom stereocenters. The molecule has 100 valence electrons. The Balaban J connectivity index is 0.00000180. The predicted molar refractivity (Wildman–Crippen MR) is 77.1 cm³/mol. The van der Waals surface area contributed by atoms with Crippen LogP contribution in [0.4, 0.5) is 0 Å². The molecule has 2 aromatic rings. The summed E-state index contributed by atoms with van der Waals surface area (Å²) in [4.78, 5) is 4.47. The van der Waals surface area contributed by atoms with E-state index in [0.717, 1.165) is 28.2 Å². The first kappa shape index (κ1) is 15.2. The SMILES string of the molecule is C.Cc1cc(Cl)c(C)nc1-c1nn(C)c(C#N)c1C. The monoisotopic (exact) mass is 276 g/mol. The normalized spacial score (nSPS) is 9.89. The van der Waals surface area contributed by atoms with Gasteiger partial charge in [0.15, 0.2) is 0 Å². The van der Waals surface area contributed by atoms with Gasteiger partial charge < -0.3 is 0 Å². The summed E-state index contributed by atoms with van der Waals surface area (Å²) in [5, 5.41) is 14.1. The Hall–Kier alpha value is -1.86. The number of nitriles is 1. The number of aryl methyl sites for hydroxylation is 3. The van der Waals surface area contributed by atoms with Gasteiger partial charge in [0.25, 0.3) is 0 Å². The van der Waals surface area contributed by atoms with Gasteiger partial charge in [-0.3, -0.25) is 4.68 Å². The van der Waals surface area contributed by atoms with Gasteiger partial charge in [-0.05, 0) is 32.4 Å². The van der Waals surface area contributed by atoms with Gasteiger partial charge in [0, 0.05) is 12.6 Å². The molecule has 4 nitrogen and oxygen atoms in total. The molecule has 0 aliphatic carbocycles. The molecule has 0 bridgehead atoms. The van der Waals surface area contributed by atoms with Crippen molar-refractivity contribution in [2.45, 2.75) is 28.2 Å². The van der Waals surface area contributed by atoms with Crippen LogP contribution in [-0.4, -0.2) is 14.8 Å². The quantitative estimate of drug-likeness (QED) is 0.800. The molecular formula is C14H17ClN4. The van der Waals surface area contributed by atoms with E-state index in [9.17, 15) is 0 Å². The second kappa shape index (κ2) is 5.41. The molecule has 2 heterocycles. The second-order valence-corrected chi connectivity index (χ2v) is 4.69. The van der Waals surface area contributed by atoms with Crippen LogP contribution in [0.3, 0.4) is 0 Å². The molecule has 0 aliphatic rings. The summed E-state index contributed by atoms with van der Waals surface area (Å²) in [6, 6.07) is 4.02. The molecule has 2 rings (SSSR count). The molecule has 0 fully saturated rings. The topological polar surface area (TPSA) is 54.5 Å². The summed E-state index contributed by atoms with van der Waals surface area (Å²) < 4.78 is 1.58. The van der Waals surface area contributed by atoms with E-state index in [4.69, 9.17) is 16.9 Å². The number of rotatable bonds is 1. The molecule has 0 atom stereocenters. The zero-order valence-electron chi connectivity index (χ0n) is 10.7. The Morgan fingerprint density at radius 3 is 2.42 bits per heavy atom. The van der Waals surface area contributed by atoms with Crippen LogP contribution >= 0.6 is 11.6 Å². The summed E-state index contributed by atoms with van der Waals surface area (Å²) in [5.41, 5.74) is 4.64. The maximum absolute atomic E-state index is 9.08. The number of aromatic nitrogens is 3. The molecule has 2 aromatic heterocycles. The second-order valence-electron chi connectivity index (χ2n) is 4.28. The zero-order chi connectivity index (χ0) is 13.4. The summed E-state index contributed by atoms with van der Waals surface area (Å²) in [6.45, 7) is 5.68. The van der Waals surface area contributed by atoms with Gasteiger partial charge in [-0.25, -0.2) is 4.98 Å². The average molecular weight is 277 g/mol. The van der Waals surface area contributed by atoms with E-state index in [-0.39, 0.29) is 7.43 Å². The average Bonchev–Trinajstić information content (AvgIpc) is 2.59. The fourth-order valence-corrected chi connectivity index (χ4v) is 2.13. The number of pyridine rings is 1. The van der Waals surface area contributed by atoms with Gasteiger partial charge in [0.2, 0.25) is 0 Å². The van der Waals surface area contributed by atoms with Crippen molar-refractivity contribution in [1.82, 2.24) is 14.8 Å². The van der Waals surface area contributed by atoms with Crippen LogP contribution < -0.4 is 0 Å². The van der Waals surface area contributed by atoms with Crippen molar-refractivity contribution in [2.75, 3.05) is 0 Å². The lowest BCUT2D eigenvalue weighted by Crippen LogP contribution is -1.96. The third-order valence-corrected chi connectivity index (χ3v) is 3.34. The van der Waals surface area contributed by atoms with Gasteiger partial charge in [-0.15, -0.1) is 0 Å². The van der Waals surface area contributed by atoms with Crippen molar-refractivity contribution in [3.8, 4) is 17.5 Å². The van der Waals surface area contributed by atoms with Crippen LogP contribution in [0, 0.1) is 32.1 Å². The van der Waals surface area contributed by atoms with E-state index in [0.29, 0.717) is 10.7 Å². The first-order chi connectivity index (χ1) is 8.45. The summed E-state index contributed by atoms with van der Waals surface area (Å²) in [7, 11) is 1.76. The molecule has 0 spiro atoms. The Morgan fingerprint density at radius 1 is 1.26 bits per heavy atom. The number of nitrogens with zero attached hydrogens (tertiary/aromatic N) is 4. The number of hydrogen-bond donors (Lipinski definition) is 0. The molecule has 0 radical (unpaired) electrons. The highest BCUT2D eigenvalue weighted by atomic mass is 35.5. The van der Waals surface area contributed by atoms with E-state index in [2.05, 4.69) is 16.2 Å². The van der Waals surface area contributed by atoms with Crippen LogP contribution in [0.1, 0.15) is 29.9 Å². The van der Waals surface area contributed by atoms with Crippen molar-refractivity contribution < 1.29 is 0 Å². The van der Waals surface area contributed by atoms with Crippen LogP contribution in [0.5, 0.6) is 0 Å². The Kier molecular flexibility index (Phi) is 4.33. The standard InChI is InChI=1S/C13H13ClN4.CH4/c1-7-5-10(14)9(3)16-12(7)13-8(2)11(6-15)18(4)17-13;/h5H,1-4H3;1H4. The van der Waals surface area contributed by atoms with E-state index in [1.807, 2.05) is 26.8 Å². The highest BCUT2D eigenvalue weighted by Gasteiger charge is 2.17. The number of halogens is 1. The molecule has 0 N–H and O–H groups in total. The molecule has 19 heavy (non-hydrogen) atoms. The minimum absolute atomic E-state index is 0. The molecule has 0 saturated carbocycles.